The van der Waals surface area contributed by atoms with Gasteiger partial charge in [-0.25, -0.2) is 8.42 Å². The van der Waals surface area contributed by atoms with Crippen LogP contribution in [-0.4, -0.2) is 37.1 Å². The quantitative estimate of drug-likeness (QED) is 0.548. The SMILES string of the molecule is CCc1ccc(C(O)O)cc1S(=O)(=O)Nc1cc(C(F)(F)F)ccc1C1CCCCN1C. The predicted molar refractivity (Wildman–Crippen MR) is 114 cm³/mol. The number of nitrogens with zero attached hydrogens (tertiary/aromatic N) is 1. The predicted octanol–water partition coefficient (Wildman–Crippen LogP) is 4.21. The monoisotopic (exact) mass is 472 g/mol. The summed E-state index contributed by atoms with van der Waals surface area (Å²) in [6.07, 6.45) is -3.63. The van der Waals surface area contributed by atoms with Crippen molar-refractivity contribution in [3.63, 3.8) is 0 Å². The van der Waals surface area contributed by atoms with Gasteiger partial charge in [0.05, 0.1) is 16.1 Å². The first kappa shape index (κ1) is 24.5. The van der Waals surface area contributed by atoms with Gasteiger partial charge in [0.1, 0.15) is 0 Å². The Kier molecular flexibility index (Phi) is 7.18. The van der Waals surface area contributed by atoms with E-state index in [-0.39, 0.29) is 22.2 Å². The standard InChI is InChI=1S/C22H27F3N2O4S/c1-3-14-7-8-15(21(28)29)12-20(14)32(30,31)26-18-13-16(22(23,24)25)9-10-17(18)19-6-4-5-11-27(19)2/h7-10,12-13,19,21,26,28-29H,3-6,11H2,1-2H3. The first-order valence-electron chi connectivity index (χ1n) is 10.4. The van der Waals surface area contributed by atoms with Crippen molar-refractivity contribution in [2.45, 2.75) is 56.0 Å². The van der Waals surface area contributed by atoms with E-state index in [1.165, 1.54) is 18.2 Å². The van der Waals surface area contributed by atoms with Gasteiger partial charge in [-0.2, -0.15) is 13.2 Å². The molecule has 10 heteroatoms. The minimum absolute atomic E-state index is 0.0288. The summed E-state index contributed by atoms with van der Waals surface area (Å²) in [6, 6.07) is 6.90. The normalized spacial score (nSPS) is 18.2. The molecule has 0 spiro atoms. The molecular formula is C22H27F3N2O4S. The molecular weight excluding hydrogens is 445 g/mol. The lowest BCUT2D eigenvalue weighted by molar-refractivity contribution is -0.137. The third kappa shape index (κ3) is 5.25. The highest BCUT2D eigenvalue weighted by Gasteiger charge is 2.33. The summed E-state index contributed by atoms with van der Waals surface area (Å²) >= 11 is 0. The second-order valence-corrected chi connectivity index (χ2v) is 9.64. The number of likely N-dealkylation sites (tertiary alicyclic amines) is 1. The average Bonchev–Trinajstić information content (AvgIpc) is 2.73. The van der Waals surface area contributed by atoms with E-state index in [2.05, 4.69) is 4.72 Å². The molecule has 0 amide bonds. The van der Waals surface area contributed by atoms with E-state index in [0.29, 0.717) is 24.0 Å². The summed E-state index contributed by atoms with van der Waals surface area (Å²) in [5.41, 5.74) is -0.229. The maximum Gasteiger partial charge on any atom is 0.416 e. The zero-order chi connectivity index (χ0) is 23.7. The molecule has 1 heterocycles. The number of aryl methyl sites for hydroxylation is 1. The topological polar surface area (TPSA) is 89.9 Å². The number of anilines is 1. The van der Waals surface area contributed by atoms with E-state index in [0.717, 1.165) is 37.6 Å². The average molecular weight is 473 g/mol. The summed E-state index contributed by atoms with van der Waals surface area (Å²) in [7, 11) is -2.45. The van der Waals surface area contributed by atoms with Crippen molar-refractivity contribution in [2.24, 2.45) is 0 Å². The Morgan fingerprint density at radius 3 is 2.47 bits per heavy atom. The van der Waals surface area contributed by atoms with E-state index in [4.69, 9.17) is 0 Å². The molecule has 3 rings (SSSR count). The summed E-state index contributed by atoms with van der Waals surface area (Å²) in [4.78, 5) is 1.80. The molecule has 0 bridgehead atoms. The minimum Gasteiger partial charge on any atom is -0.364 e. The van der Waals surface area contributed by atoms with Gasteiger partial charge in [0.15, 0.2) is 6.29 Å². The van der Waals surface area contributed by atoms with Crippen molar-refractivity contribution < 1.29 is 31.8 Å². The van der Waals surface area contributed by atoms with Crippen molar-refractivity contribution in [3.8, 4) is 0 Å². The summed E-state index contributed by atoms with van der Waals surface area (Å²) < 4.78 is 69.1. The molecule has 32 heavy (non-hydrogen) atoms. The maximum atomic E-state index is 13.4. The van der Waals surface area contributed by atoms with E-state index in [1.54, 1.807) is 6.92 Å². The number of hydrogen-bond donors (Lipinski definition) is 3. The summed E-state index contributed by atoms with van der Waals surface area (Å²) in [5.74, 6) is 0. The van der Waals surface area contributed by atoms with Crippen molar-refractivity contribution in [1.82, 2.24) is 4.90 Å². The molecule has 2 aromatic rings. The summed E-state index contributed by atoms with van der Waals surface area (Å²) in [5, 5.41) is 18.9. The molecule has 1 fully saturated rings. The zero-order valence-corrected chi connectivity index (χ0v) is 18.7. The van der Waals surface area contributed by atoms with Gasteiger partial charge in [-0.05, 0) is 62.2 Å². The van der Waals surface area contributed by atoms with Gasteiger partial charge in [-0.15, -0.1) is 0 Å². The number of nitrogens with one attached hydrogen (secondary N) is 1. The van der Waals surface area contributed by atoms with Gasteiger partial charge in [0.2, 0.25) is 0 Å². The van der Waals surface area contributed by atoms with Crippen LogP contribution < -0.4 is 4.72 Å². The highest BCUT2D eigenvalue weighted by atomic mass is 32.2. The number of benzene rings is 2. The molecule has 0 aromatic heterocycles. The number of piperidine rings is 1. The van der Waals surface area contributed by atoms with Crippen LogP contribution in [0.25, 0.3) is 0 Å². The van der Waals surface area contributed by atoms with Crippen LogP contribution in [-0.2, 0) is 22.6 Å². The molecule has 0 radical (unpaired) electrons. The second kappa shape index (κ2) is 9.38. The van der Waals surface area contributed by atoms with Gasteiger partial charge < -0.3 is 10.2 Å². The molecule has 3 N–H and O–H groups in total. The van der Waals surface area contributed by atoms with Crippen molar-refractivity contribution in [1.29, 1.82) is 0 Å². The lowest BCUT2D eigenvalue weighted by atomic mass is 9.93. The lowest BCUT2D eigenvalue weighted by Gasteiger charge is -2.34. The molecule has 176 valence electrons. The van der Waals surface area contributed by atoms with Crippen LogP contribution in [0.3, 0.4) is 0 Å². The minimum atomic E-state index is -4.63. The largest absolute Gasteiger partial charge is 0.416 e. The Bertz CT molecular complexity index is 1070. The maximum absolute atomic E-state index is 13.4. The number of aliphatic hydroxyl groups is 2. The third-order valence-electron chi connectivity index (χ3n) is 5.81. The number of halogens is 3. The van der Waals surface area contributed by atoms with Crippen LogP contribution in [0.15, 0.2) is 41.3 Å². The highest BCUT2D eigenvalue weighted by molar-refractivity contribution is 7.92. The van der Waals surface area contributed by atoms with Crippen LogP contribution in [0.2, 0.25) is 0 Å². The fraction of sp³-hybridized carbons (Fsp3) is 0.455. The van der Waals surface area contributed by atoms with Crippen LogP contribution in [0.1, 0.15) is 60.8 Å². The molecule has 1 unspecified atom stereocenters. The number of alkyl halides is 3. The molecule has 1 aliphatic rings. The molecule has 1 atom stereocenters. The third-order valence-corrected chi connectivity index (χ3v) is 7.26. The van der Waals surface area contributed by atoms with Crippen LogP contribution in [0, 0.1) is 0 Å². The van der Waals surface area contributed by atoms with Gasteiger partial charge in [0.25, 0.3) is 10.0 Å². The number of sulfonamides is 1. The molecule has 6 nitrogen and oxygen atoms in total. The van der Waals surface area contributed by atoms with Gasteiger partial charge in [0, 0.05) is 11.6 Å². The Morgan fingerprint density at radius 2 is 1.88 bits per heavy atom. The first-order chi connectivity index (χ1) is 14.9. The summed E-state index contributed by atoms with van der Waals surface area (Å²) in [6.45, 7) is 2.49. The molecule has 0 saturated carbocycles. The fourth-order valence-electron chi connectivity index (χ4n) is 4.05. The van der Waals surface area contributed by atoms with E-state index in [1.807, 2.05) is 11.9 Å². The lowest BCUT2D eigenvalue weighted by Crippen LogP contribution is -2.30. The van der Waals surface area contributed by atoms with E-state index >= 15 is 0 Å². The zero-order valence-electron chi connectivity index (χ0n) is 17.9. The highest BCUT2D eigenvalue weighted by Crippen LogP contribution is 2.39. The Labute approximate surface area is 185 Å². The van der Waals surface area contributed by atoms with E-state index in [9.17, 15) is 31.8 Å². The van der Waals surface area contributed by atoms with Gasteiger partial charge >= 0.3 is 6.18 Å². The molecule has 2 aromatic carbocycles. The Balaban J connectivity index is 2.11. The first-order valence-corrected chi connectivity index (χ1v) is 11.9. The van der Waals surface area contributed by atoms with Crippen LogP contribution in [0.4, 0.5) is 18.9 Å². The van der Waals surface area contributed by atoms with Crippen LogP contribution >= 0.6 is 0 Å². The van der Waals surface area contributed by atoms with Crippen molar-refractivity contribution >= 4 is 15.7 Å². The Morgan fingerprint density at radius 1 is 1.16 bits per heavy atom. The van der Waals surface area contributed by atoms with E-state index < -0.39 is 28.1 Å². The smallest absolute Gasteiger partial charge is 0.364 e. The van der Waals surface area contributed by atoms with Crippen molar-refractivity contribution in [2.75, 3.05) is 18.3 Å². The number of hydrogen-bond acceptors (Lipinski definition) is 5. The fourth-order valence-corrected chi connectivity index (χ4v) is 5.48. The van der Waals surface area contributed by atoms with Crippen molar-refractivity contribution in [3.05, 3.63) is 58.7 Å². The molecule has 1 saturated heterocycles. The van der Waals surface area contributed by atoms with Gasteiger partial charge in [-0.3, -0.25) is 9.62 Å². The Hall–Kier alpha value is -2.14. The number of aliphatic hydroxyl groups excluding tert-OH is 1. The second-order valence-electron chi connectivity index (χ2n) is 7.99. The number of rotatable bonds is 6. The van der Waals surface area contributed by atoms with Gasteiger partial charge in [-0.1, -0.05) is 31.5 Å². The molecule has 1 aliphatic heterocycles. The van der Waals surface area contributed by atoms with Crippen LogP contribution in [0.5, 0.6) is 0 Å². The molecule has 0 aliphatic carbocycles.